The highest BCUT2D eigenvalue weighted by Gasteiger charge is 2.37. The fourth-order valence-corrected chi connectivity index (χ4v) is 13.7. The number of alkyl halides is 6. The fourth-order valence-electron chi connectivity index (χ4n) is 13.7. The standard InChI is InChI=1S/C76H70B2F10N4/c1-9-11-13-15-17-51-19-23-53(24-20-51)69-59-43-60-66(44-63(59)90-73(69)72(56-29-33-58(34-30-56)76(82,83)84)65-38-37-64(91(65)77(85)86)68-49(7)41-46(4)42-50(68)8)92(78(87)88)74(70(60)54-25-21-52(22-26-54)18-16-14-12-10-2)71(55-27-31-57(32-28-55)75(79,80)81)62-36-35-61(89-62)67-47(5)39-45(3)40-48(67)6/h19-44H,9-18H2,1-8H3/b71-62+,73-72+. The number of benzene rings is 7. The number of fused-ring (bicyclic) bond motifs is 2. The third kappa shape index (κ3) is 13.0. The molecule has 0 saturated carbocycles. The number of aryl methyl sites for hydroxylation is 8. The lowest BCUT2D eigenvalue weighted by atomic mass is 9.90. The van der Waals surface area contributed by atoms with E-state index in [1.165, 1.54) is 36.4 Å². The Morgan fingerprint density at radius 3 is 1.45 bits per heavy atom. The first kappa shape index (κ1) is 64.9. The molecule has 9 aromatic rings. The second-order valence-electron chi connectivity index (χ2n) is 24.5. The molecule has 11 rings (SSSR count). The maximum Gasteiger partial charge on any atom is 0.678 e. The minimum absolute atomic E-state index is 0.0137. The molecule has 92 heavy (non-hydrogen) atoms. The van der Waals surface area contributed by atoms with Crippen LogP contribution in [0.25, 0.3) is 50.0 Å². The van der Waals surface area contributed by atoms with Crippen LogP contribution in [0.3, 0.4) is 0 Å². The Morgan fingerprint density at radius 2 is 0.957 bits per heavy atom. The topological polar surface area (TPSA) is 34.6 Å². The van der Waals surface area contributed by atoms with Crippen LogP contribution < -0.4 is 10.6 Å². The zero-order valence-electron chi connectivity index (χ0n) is 52.8. The van der Waals surface area contributed by atoms with E-state index in [9.17, 15) is 26.3 Å². The van der Waals surface area contributed by atoms with Crippen LogP contribution in [0.2, 0.25) is 0 Å². The second kappa shape index (κ2) is 26.5. The first-order chi connectivity index (χ1) is 43.9. The summed E-state index contributed by atoms with van der Waals surface area (Å²) in [5.74, 6) is 0. The van der Waals surface area contributed by atoms with E-state index in [0.717, 1.165) is 148 Å². The summed E-state index contributed by atoms with van der Waals surface area (Å²) in [5.41, 5.74) is 9.98. The molecule has 2 aliphatic heterocycles. The van der Waals surface area contributed by atoms with Crippen LogP contribution in [-0.2, 0) is 25.2 Å². The smallest absolute Gasteiger partial charge is 0.325 e. The predicted molar refractivity (Wildman–Crippen MR) is 355 cm³/mol. The minimum atomic E-state index is -4.74. The maximum absolute atomic E-state index is 17.1. The molecule has 0 bridgehead atoms. The number of hydrogen-bond donors (Lipinski definition) is 0. The van der Waals surface area contributed by atoms with Gasteiger partial charge in [-0.25, -0.2) is 9.98 Å². The van der Waals surface area contributed by atoms with Crippen LogP contribution in [0.4, 0.5) is 43.6 Å². The van der Waals surface area contributed by atoms with Crippen LogP contribution in [0.15, 0.2) is 179 Å². The van der Waals surface area contributed by atoms with Crippen molar-refractivity contribution in [3.63, 3.8) is 0 Å². The Balaban J connectivity index is 1.28. The highest BCUT2D eigenvalue weighted by atomic mass is 19.4. The van der Waals surface area contributed by atoms with Crippen molar-refractivity contribution < 1.29 is 43.6 Å². The highest BCUT2D eigenvalue weighted by Crippen LogP contribution is 2.46. The van der Waals surface area contributed by atoms with Gasteiger partial charge in [0.25, 0.3) is 0 Å². The molecule has 0 aliphatic carbocycles. The third-order valence-electron chi connectivity index (χ3n) is 17.8. The molecule has 0 fully saturated rings. The molecule has 0 atom stereocenters. The Labute approximate surface area is 531 Å². The van der Waals surface area contributed by atoms with E-state index in [0.29, 0.717) is 44.1 Å². The summed E-state index contributed by atoms with van der Waals surface area (Å²) in [4.78, 5) is 10.5. The van der Waals surface area contributed by atoms with Gasteiger partial charge in [-0.15, -0.1) is 0 Å². The number of aromatic nitrogens is 2. The molecule has 0 unspecified atom stereocenters. The minimum Gasteiger partial charge on any atom is -0.325 e. The zero-order chi connectivity index (χ0) is 65.5. The lowest BCUT2D eigenvalue weighted by molar-refractivity contribution is -0.138. The summed E-state index contributed by atoms with van der Waals surface area (Å²) in [5, 5.41) is 0.874. The molecule has 7 aromatic carbocycles. The predicted octanol–water partition coefficient (Wildman–Crippen LogP) is 20.6. The Kier molecular flexibility index (Phi) is 18.7. The number of nitrogens with zero attached hydrogens (tertiary/aromatic N) is 4. The van der Waals surface area contributed by atoms with Crippen molar-refractivity contribution in [2.45, 2.75) is 132 Å². The van der Waals surface area contributed by atoms with Gasteiger partial charge < -0.3 is 8.96 Å². The second-order valence-corrected chi connectivity index (χ2v) is 24.5. The first-order valence-corrected chi connectivity index (χ1v) is 31.5. The molecular weight excluding hydrogens is 1180 g/mol. The van der Waals surface area contributed by atoms with Crippen molar-refractivity contribution in [3.8, 4) is 22.4 Å². The van der Waals surface area contributed by atoms with Crippen LogP contribution in [-0.4, -0.2) is 29.5 Å². The Morgan fingerprint density at radius 1 is 0.467 bits per heavy atom. The zero-order valence-corrected chi connectivity index (χ0v) is 52.8. The first-order valence-electron chi connectivity index (χ1n) is 31.5. The van der Waals surface area contributed by atoms with E-state index in [1.807, 2.05) is 114 Å². The molecule has 0 amide bonds. The lowest BCUT2D eigenvalue weighted by Crippen LogP contribution is -2.24. The number of unbranched alkanes of at least 4 members (excludes halogenated alkanes) is 6. The fraction of sp³-hybridized carbons (Fsp3) is 0.263. The summed E-state index contributed by atoms with van der Waals surface area (Å²) >= 11 is 0. The third-order valence-corrected chi connectivity index (χ3v) is 17.8. The quantitative estimate of drug-likeness (QED) is 0.0414. The van der Waals surface area contributed by atoms with Gasteiger partial charge in [0, 0.05) is 60.9 Å². The average molecular weight is 1250 g/mol. The van der Waals surface area contributed by atoms with Crippen molar-refractivity contribution in [3.05, 3.63) is 269 Å². The summed E-state index contributed by atoms with van der Waals surface area (Å²) < 4.78 is 156. The SMILES string of the molecule is CCCCCCc1ccc(C2=c3cc4c(-c5ccc(CCCCCC)cc5)c(/C(=C5\C=CC(c6c(C)cc(C)cc6C)=N5)c5ccc(C(F)(F)F)cc5)n(B(F)F)c4cc3=N/C2=C(\c2ccc(C(F)(F)F)cc2)c2ccc(-c3c(C)cc(C)cc3C)n2B(F)F)cc1. The number of aliphatic imine (C=N–C) groups is 1. The van der Waals surface area contributed by atoms with Gasteiger partial charge >= 0.3 is 27.2 Å². The van der Waals surface area contributed by atoms with E-state index in [1.54, 1.807) is 24.3 Å². The van der Waals surface area contributed by atoms with Crippen molar-refractivity contribution in [1.29, 1.82) is 0 Å². The molecule has 0 saturated heterocycles. The summed E-state index contributed by atoms with van der Waals surface area (Å²) in [7, 11) is -6.48. The van der Waals surface area contributed by atoms with Crippen LogP contribution in [0.5, 0.6) is 0 Å². The Bertz CT molecular complexity index is 4500. The van der Waals surface area contributed by atoms with E-state index >= 15 is 17.3 Å². The molecule has 0 N–H and O–H groups in total. The van der Waals surface area contributed by atoms with Gasteiger partial charge in [0.15, 0.2) is 0 Å². The monoisotopic (exact) mass is 1250 g/mol. The van der Waals surface area contributed by atoms with Crippen molar-refractivity contribution >= 4 is 48.1 Å². The molecule has 0 radical (unpaired) electrons. The van der Waals surface area contributed by atoms with Gasteiger partial charge in [-0.1, -0.05) is 161 Å². The van der Waals surface area contributed by atoms with Crippen LogP contribution in [0, 0.1) is 41.5 Å². The van der Waals surface area contributed by atoms with Crippen LogP contribution in [0.1, 0.15) is 154 Å². The number of rotatable bonds is 20. The van der Waals surface area contributed by atoms with Gasteiger partial charge in [-0.05, 0) is 184 Å². The van der Waals surface area contributed by atoms with Gasteiger partial charge in [0.05, 0.1) is 39.3 Å². The van der Waals surface area contributed by atoms with E-state index in [2.05, 4.69) is 13.8 Å². The molecule has 2 aliphatic rings. The molecule has 2 aromatic heterocycles. The molecule has 470 valence electrons. The molecule has 4 nitrogen and oxygen atoms in total. The highest BCUT2D eigenvalue weighted by molar-refractivity contribution is 6.44. The van der Waals surface area contributed by atoms with Gasteiger partial charge in [0.2, 0.25) is 0 Å². The molecular formula is C76H70B2F10N4. The maximum atomic E-state index is 17.1. The summed E-state index contributed by atoms with van der Waals surface area (Å²) in [6.07, 6.45) is 3.67. The van der Waals surface area contributed by atoms with E-state index in [4.69, 9.17) is 9.98 Å². The lowest BCUT2D eigenvalue weighted by Gasteiger charge is -2.19. The normalized spacial score (nSPS) is 14.3. The summed E-state index contributed by atoms with van der Waals surface area (Å²) in [6, 6.07) is 38.4. The van der Waals surface area contributed by atoms with Gasteiger partial charge in [-0.2, -0.15) is 26.3 Å². The van der Waals surface area contributed by atoms with Crippen molar-refractivity contribution in [1.82, 2.24) is 8.96 Å². The summed E-state index contributed by atoms with van der Waals surface area (Å²) in [6.45, 7) is 15.7. The number of hydrogen-bond acceptors (Lipinski definition) is 2. The van der Waals surface area contributed by atoms with Crippen LogP contribution >= 0.6 is 0 Å². The largest absolute Gasteiger partial charge is 0.678 e. The van der Waals surface area contributed by atoms with E-state index < -0.39 is 38.3 Å². The van der Waals surface area contributed by atoms with Gasteiger partial charge in [0.1, 0.15) is 0 Å². The number of halogens is 10. The average Bonchev–Trinajstić information content (AvgIpc) is 1.55. The molecule has 4 heterocycles. The Hall–Kier alpha value is -8.65. The van der Waals surface area contributed by atoms with Crippen molar-refractivity contribution in [2.75, 3.05) is 0 Å². The molecule has 0 spiro atoms. The van der Waals surface area contributed by atoms with Crippen molar-refractivity contribution in [2.24, 2.45) is 9.98 Å². The number of allylic oxidation sites excluding steroid dienone is 3. The van der Waals surface area contributed by atoms with Gasteiger partial charge in [-0.3, -0.25) is 17.3 Å². The van der Waals surface area contributed by atoms with E-state index in [-0.39, 0.29) is 61.6 Å². The molecule has 16 heteroatoms.